The Balaban J connectivity index is 2.75. The maximum atomic E-state index is 11.9. The molecule has 1 unspecified atom stereocenters. The highest BCUT2D eigenvalue weighted by molar-refractivity contribution is 8.13. The molecule has 1 aromatic heterocycles. The molecule has 1 heterocycles. The van der Waals surface area contributed by atoms with Crippen LogP contribution in [0.15, 0.2) is 17.2 Å². The Morgan fingerprint density at radius 2 is 2.21 bits per heavy atom. The van der Waals surface area contributed by atoms with Gasteiger partial charge in [-0.3, -0.25) is 4.79 Å². The van der Waals surface area contributed by atoms with Crippen LogP contribution in [0.25, 0.3) is 0 Å². The largest absolute Gasteiger partial charge is 0.377 e. The van der Waals surface area contributed by atoms with Gasteiger partial charge in [0.25, 0.3) is 15.0 Å². The lowest BCUT2D eigenvalue weighted by atomic mass is 10.3. The summed E-state index contributed by atoms with van der Waals surface area (Å²) in [6.07, 6.45) is 1.19. The molecular formula is C11H17ClN2O4S. The van der Waals surface area contributed by atoms with Crippen molar-refractivity contribution in [2.24, 2.45) is 7.05 Å². The van der Waals surface area contributed by atoms with Crippen molar-refractivity contribution in [2.75, 3.05) is 13.2 Å². The van der Waals surface area contributed by atoms with E-state index in [1.54, 1.807) is 7.05 Å². The molecule has 0 spiro atoms. The van der Waals surface area contributed by atoms with Gasteiger partial charge in [0, 0.05) is 37.1 Å². The maximum absolute atomic E-state index is 11.9. The fraction of sp³-hybridized carbons (Fsp3) is 0.545. The molecule has 1 N–H and O–H groups in total. The Hall–Kier alpha value is -1.05. The first-order valence-electron chi connectivity index (χ1n) is 5.76. The van der Waals surface area contributed by atoms with Crippen LogP contribution in [0, 0.1) is 0 Å². The number of aromatic nitrogens is 1. The van der Waals surface area contributed by atoms with Gasteiger partial charge in [0.2, 0.25) is 0 Å². The molecule has 0 aliphatic heterocycles. The number of ether oxygens (including phenoxy) is 1. The summed E-state index contributed by atoms with van der Waals surface area (Å²) in [5, 5.41) is 2.67. The number of carbonyl (C=O) groups excluding carboxylic acids is 1. The average Bonchev–Trinajstić information content (AvgIpc) is 2.68. The van der Waals surface area contributed by atoms with Gasteiger partial charge >= 0.3 is 0 Å². The summed E-state index contributed by atoms with van der Waals surface area (Å²) >= 11 is 0. The second-order valence-corrected chi connectivity index (χ2v) is 6.65. The summed E-state index contributed by atoms with van der Waals surface area (Å²) in [5.74, 6) is -0.374. The van der Waals surface area contributed by atoms with Crippen LogP contribution < -0.4 is 5.32 Å². The third-order valence-corrected chi connectivity index (χ3v) is 3.82. The number of amides is 1. The summed E-state index contributed by atoms with van der Waals surface area (Å²) in [6, 6.07) is 1.24. The average molecular weight is 309 g/mol. The highest BCUT2D eigenvalue weighted by Gasteiger charge is 2.18. The number of nitrogens with zero attached hydrogens (tertiary/aromatic N) is 1. The molecule has 108 valence electrons. The predicted octanol–water partition coefficient (Wildman–Crippen LogP) is 1.11. The number of halogens is 1. The zero-order valence-electron chi connectivity index (χ0n) is 11.0. The normalized spacial score (nSPS) is 13.3. The van der Waals surface area contributed by atoms with E-state index in [0.717, 1.165) is 0 Å². The lowest BCUT2D eigenvalue weighted by molar-refractivity contribution is 0.0692. The Morgan fingerprint density at radius 3 is 2.68 bits per heavy atom. The number of hydrogen-bond acceptors (Lipinski definition) is 4. The second kappa shape index (κ2) is 6.40. The topological polar surface area (TPSA) is 77.4 Å². The van der Waals surface area contributed by atoms with E-state index in [4.69, 9.17) is 15.4 Å². The van der Waals surface area contributed by atoms with E-state index < -0.39 is 9.05 Å². The van der Waals surface area contributed by atoms with Gasteiger partial charge in [0.05, 0.1) is 6.10 Å². The first-order chi connectivity index (χ1) is 8.75. The van der Waals surface area contributed by atoms with Crippen LogP contribution in [-0.2, 0) is 20.8 Å². The van der Waals surface area contributed by atoms with Crippen molar-refractivity contribution in [3.05, 3.63) is 18.0 Å². The van der Waals surface area contributed by atoms with Crippen LogP contribution in [0.2, 0.25) is 0 Å². The quantitative estimate of drug-likeness (QED) is 0.799. The molecule has 0 saturated heterocycles. The van der Waals surface area contributed by atoms with Gasteiger partial charge in [0.15, 0.2) is 0 Å². The molecule has 6 nitrogen and oxygen atoms in total. The predicted molar refractivity (Wildman–Crippen MR) is 71.9 cm³/mol. The second-order valence-electron chi connectivity index (χ2n) is 4.09. The van der Waals surface area contributed by atoms with Crippen LogP contribution in [0.5, 0.6) is 0 Å². The highest BCUT2D eigenvalue weighted by atomic mass is 35.7. The summed E-state index contributed by atoms with van der Waals surface area (Å²) in [4.78, 5) is 11.8. The first-order valence-corrected chi connectivity index (χ1v) is 8.07. The van der Waals surface area contributed by atoms with Gasteiger partial charge in [-0.2, -0.15) is 0 Å². The highest BCUT2D eigenvalue weighted by Crippen LogP contribution is 2.17. The molecule has 0 aliphatic carbocycles. The smallest absolute Gasteiger partial charge is 0.268 e. The van der Waals surface area contributed by atoms with Crippen molar-refractivity contribution >= 4 is 25.6 Å². The molecule has 0 bridgehead atoms. The Bertz CT molecular complexity index is 553. The van der Waals surface area contributed by atoms with Crippen LogP contribution in [0.1, 0.15) is 24.3 Å². The van der Waals surface area contributed by atoms with E-state index in [0.29, 0.717) is 13.2 Å². The molecule has 0 aliphatic rings. The van der Waals surface area contributed by atoms with Gasteiger partial charge in [-0.05, 0) is 19.9 Å². The van der Waals surface area contributed by atoms with Crippen molar-refractivity contribution in [3.63, 3.8) is 0 Å². The lowest BCUT2D eigenvalue weighted by Crippen LogP contribution is -2.33. The SMILES string of the molecule is CCOC(C)CNC(=O)c1cc(S(=O)(=O)Cl)cn1C. The number of carbonyl (C=O) groups is 1. The maximum Gasteiger partial charge on any atom is 0.268 e. The van der Waals surface area contributed by atoms with Crippen molar-refractivity contribution in [2.45, 2.75) is 24.8 Å². The Labute approximate surface area is 117 Å². The third kappa shape index (κ3) is 4.52. The minimum absolute atomic E-state index is 0.0975. The van der Waals surface area contributed by atoms with E-state index in [2.05, 4.69) is 5.32 Å². The van der Waals surface area contributed by atoms with Crippen LogP contribution >= 0.6 is 10.7 Å². The summed E-state index contributed by atoms with van der Waals surface area (Å²) in [5.41, 5.74) is 0.225. The minimum atomic E-state index is -3.83. The van der Waals surface area contributed by atoms with E-state index in [1.807, 2.05) is 13.8 Å². The first kappa shape index (κ1) is 16.0. The van der Waals surface area contributed by atoms with E-state index >= 15 is 0 Å². The van der Waals surface area contributed by atoms with Crippen molar-refractivity contribution in [3.8, 4) is 0 Å². The van der Waals surface area contributed by atoms with Gasteiger partial charge < -0.3 is 14.6 Å². The molecule has 19 heavy (non-hydrogen) atoms. The standard InChI is InChI=1S/C11H17ClN2O4S/c1-4-18-8(2)6-13-11(15)10-5-9(7-14(10)3)19(12,16)17/h5,7-8H,4,6H2,1-3H3,(H,13,15). The molecule has 1 aromatic rings. The van der Waals surface area contributed by atoms with Gasteiger partial charge in [-0.25, -0.2) is 8.42 Å². The monoisotopic (exact) mass is 308 g/mol. The van der Waals surface area contributed by atoms with Gasteiger partial charge in [0.1, 0.15) is 10.6 Å². The zero-order chi connectivity index (χ0) is 14.6. The molecule has 1 rings (SSSR count). The summed E-state index contributed by atoms with van der Waals surface area (Å²) in [7, 11) is 2.97. The number of nitrogens with one attached hydrogen (secondary N) is 1. The summed E-state index contributed by atoms with van der Waals surface area (Å²) < 4.78 is 29.0. The third-order valence-electron chi connectivity index (χ3n) is 2.50. The number of rotatable bonds is 6. The van der Waals surface area contributed by atoms with Crippen molar-refractivity contribution < 1.29 is 17.9 Å². The molecular weight excluding hydrogens is 292 g/mol. The van der Waals surface area contributed by atoms with E-state index in [9.17, 15) is 13.2 Å². The fourth-order valence-corrected chi connectivity index (χ4v) is 2.35. The van der Waals surface area contributed by atoms with Crippen molar-refractivity contribution in [1.82, 2.24) is 9.88 Å². The number of aryl methyl sites for hydroxylation is 1. The number of hydrogen-bond donors (Lipinski definition) is 1. The molecule has 8 heteroatoms. The van der Waals surface area contributed by atoms with E-state index in [-0.39, 0.29) is 22.6 Å². The minimum Gasteiger partial charge on any atom is -0.377 e. The van der Waals surface area contributed by atoms with Gasteiger partial charge in [-0.1, -0.05) is 0 Å². The van der Waals surface area contributed by atoms with Crippen LogP contribution in [-0.4, -0.2) is 38.1 Å². The lowest BCUT2D eigenvalue weighted by Gasteiger charge is -2.12. The zero-order valence-corrected chi connectivity index (χ0v) is 12.6. The summed E-state index contributed by atoms with van der Waals surface area (Å²) in [6.45, 7) is 4.62. The van der Waals surface area contributed by atoms with Crippen LogP contribution in [0.3, 0.4) is 0 Å². The molecule has 0 fully saturated rings. The Kier molecular flexibility index (Phi) is 5.39. The van der Waals surface area contributed by atoms with Gasteiger partial charge in [-0.15, -0.1) is 0 Å². The van der Waals surface area contributed by atoms with Crippen molar-refractivity contribution in [1.29, 1.82) is 0 Å². The molecule has 1 atom stereocenters. The molecule has 0 aromatic carbocycles. The molecule has 0 saturated carbocycles. The Morgan fingerprint density at radius 1 is 1.58 bits per heavy atom. The fourth-order valence-electron chi connectivity index (χ4n) is 1.56. The molecule has 0 radical (unpaired) electrons. The molecule has 1 amide bonds. The van der Waals surface area contributed by atoms with E-state index in [1.165, 1.54) is 16.8 Å². The van der Waals surface area contributed by atoms with Crippen LogP contribution in [0.4, 0.5) is 0 Å².